The average molecular weight is 393 g/mol. The van der Waals surface area contributed by atoms with Gasteiger partial charge in [-0.25, -0.2) is 4.98 Å². The lowest BCUT2D eigenvalue weighted by Gasteiger charge is -2.12. The first kappa shape index (κ1) is 17.9. The zero-order chi connectivity index (χ0) is 17.6. The Balaban J connectivity index is 1.44. The fourth-order valence-corrected chi connectivity index (χ4v) is 4.54. The van der Waals surface area contributed by atoms with E-state index in [0.717, 1.165) is 19.4 Å². The smallest absolute Gasteiger partial charge is 0.317 e. The van der Waals surface area contributed by atoms with E-state index in [9.17, 15) is 9.59 Å². The molecular formula is C17H16N2O3S3. The number of nitrogens with zero attached hydrogens (tertiary/aromatic N) is 1. The molecule has 3 rings (SSSR count). The molecule has 130 valence electrons. The van der Waals surface area contributed by atoms with Crippen molar-refractivity contribution in [2.45, 2.75) is 23.9 Å². The van der Waals surface area contributed by atoms with E-state index >= 15 is 0 Å². The summed E-state index contributed by atoms with van der Waals surface area (Å²) in [6.45, 7) is 2.02. The Labute approximate surface area is 157 Å². The van der Waals surface area contributed by atoms with Crippen molar-refractivity contribution in [2.75, 3.05) is 5.75 Å². The normalized spacial score (nSPS) is 12.0. The van der Waals surface area contributed by atoms with Crippen molar-refractivity contribution in [2.24, 2.45) is 0 Å². The van der Waals surface area contributed by atoms with E-state index in [1.54, 1.807) is 18.3 Å². The molecule has 1 unspecified atom stereocenters. The molecule has 8 heteroatoms. The fourth-order valence-electron chi connectivity index (χ4n) is 2.05. The number of hydrogen-bond donors (Lipinski definition) is 1. The Bertz CT molecular complexity index is 828. The van der Waals surface area contributed by atoms with Crippen molar-refractivity contribution in [3.05, 3.63) is 46.7 Å². The molecule has 3 aromatic rings. The number of thiophene rings is 1. The molecule has 0 radical (unpaired) electrons. The minimum Gasteiger partial charge on any atom is -0.452 e. The van der Waals surface area contributed by atoms with E-state index in [2.05, 4.69) is 10.3 Å². The first-order valence-corrected chi connectivity index (χ1v) is 10.3. The number of amides is 1. The Morgan fingerprint density at radius 2 is 2.12 bits per heavy atom. The van der Waals surface area contributed by atoms with E-state index in [4.69, 9.17) is 4.74 Å². The van der Waals surface area contributed by atoms with E-state index in [-0.39, 0.29) is 11.7 Å². The fraction of sp³-hybridized carbons (Fsp3) is 0.235. The van der Waals surface area contributed by atoms with Crippen LogP contribution in [0, 0.1) is 0 Å². The van der Waals surface area contributed by atoms with Gasteiger partial charge in [-0.2, -0.15) is 0 Å². The summed E-state index contributed by atoms with van der Waals surface area (Å²) in [5.41, 5.74) is 0.921. The van der Waals surface area contributed by atoms with E-state index < -0.39 is 12.1 Å². The number of benzene rings is 1. The quantitative estimate of drug-likeness (QED) is 0.490. The maximum Gasteiger partial charge on any atom is 0.317 e. The van der Waals surface area contributed by atoms with Gasteiger partial charge in [0.15, 0.2) is 10.4 Å². The van der Waals surface area contributed by atoms with Gasteiger partial charge in [0.05, 0.1) is 22.5 Å². The Morgan fingerprint density at radius 3 is 2.88 bits per heavy atom. The number of fused-ring (bicyclic) bond motifs is 1. The van der Waals surface area contributed by atoms with Crippen LogP contribution in [0.5, 0.6) is 0 Å². The second-order valence-electron chi connectivity index (χ2n) is 5.17. The largest absolute Gasteiger partial charge is 0.452 e. The number of thiazole rings is 1. The highest BCUT2D eigenvalue weighted by atomic mass is 32.2. The summed E-state index contributed by atoms with van der Waals surface area (Å²) in [6.07, 6.45) is -0.816. The lowest BCUT2D eigenvalue weighted by molar-refractivity contribution is -0.152. The van der Waals surface area contributed by atoms with Gasteiger partial charge >= 0.3 is 5.97 Å². The van der Waals surface area contributed by atoms with Gasteiger partial charge in [-0.1, -0.05) is 30.0 Å². The highest BCUT2D eigenvalue weighted by molar-refractivity contribution is 8.01. The maximum atomic E-state index is 12.0. The molecule has 1 amide bonds. The number of nitrogens with one attached hydrogen (secondary N) is 1. The number of ether oxygens (including phenoxy) is 1. The number of esters is 1. The SMILES string of the molecule is CC(OC(=O)CSc1nc2ccccc2s1)C(=O)NCc1cccs1. The van der Waals surface area contributed by atoms with Crippen LogP contribution in [0.2, 0.25) is 0 Å². The third-order valence-corrected chi connectivity index (χ3v) is 6.31. The number of rotatable bonds is 7. The summed E-state index contributed by atoms with van der Waals surface area (Å²) in [5, 5.41) is 4.71. The molecule has 1 N–H and O–H groups in total. The van der Waals surface area contributed by atoms with Gasteiger partial charge in [-0.3, -0.25) is 9.59 Å². The molecule has 0 spiro atoms. The van der Waals surface area contributed by atoms with Crippen LogP contribution in [0.25, 0.3) is 10.2 Å². The summed E-state index contributed by atoms with van der Waals surface area (Å²) >= 11 is 4.43. The highest BCUT2D eigenvalue weighted by Gasteiger charge is 2.18. The van der Waals surface area contributed by atoms with Crippen LogP contribution in [0.15, 0.2) is 46.1 Å². The Morgan fingerprint density at radius 1 is 1.28 bits per heavy atom. The number of carbonyl (C=O) groups excluding carboxylic acids is 2. The number of aromatic nitrogens is 1. The van der Waals surface area contributed by atoms with Gasteiger partial charge in [0.25, 0.3) is 5.91 Å². The second-order valence-corrected chi connectivity index (χ2v) is 8.45. The van der Waals surface area contributed by atoms with Gasteiger partial charge in [-0.15, -0.1) is 22.7 Å². The third-order valence-electron chi connectivity index (χ3n) is 3.28. The molecule has 0 fully saturated rings. The van der Waals surface area contributed by atoms with Gasteiger partial charge < -0.3 is 10.1 Å². The summed E-state index contributed by atoms with van der Waals surface area (Å²) in [7, 11) is 0. The zero-order valence-corrected chi connectivity index (χ0v) is 15.9. The van der Waals surface area contributed by atoms with Crippen LogP contribution in [0.3, 0.4) is 0 Å². The highest BCUT2D eigenvalue weighted by Crippen LogP contribution is 2.29. The average Bonchev–Trinajstić information content (AvgIpc) is 3.26. The molecule has 0 aliphatic rings. The predicted molar refractivity (Wildman–Crippen MR) is 102 cm³/mol. The first-order valence-electron chi connectivity index (χ1n) is 7.60. The molecule has 1 aromatic carbocycles. The molecule has 1 atom stereocenters. The van der Waals surface area contributed by atoms with Crippen LogP contribution in [-0.4, -0.2) is 28.7 Å². The summed E-state index contributed by atoms with van der Waals surface area (Å²) in [6, 6.07) is 11.7. The van der Waals surface area contributed by atoms with Crippen LogP contribution in [0.1, 0.15) is 11.8 Å². The first-order chi connectivity index (χ1) is 12.1. The van der Waals surface area contributed by atoms with E-state index in [1.807, 2.05) is 41.8 Å². The Kier molecular flexibility index (Phi) is 6.06. The van der Waals surface area contributed by atoms with Crippen molar-refractivity contribution in [1.29, 1.82) is 0 Å². The van der Waals surface area contributed by atoms with Gasteiger partial charge in [0.1, 0.15) is 0 Å². The number of para-hydroxylation sites is 1. The summed E-state index contributed by atoms with van der Waals surface area (Å²) in [5.74, 6) is -0.600. The molecule has 0 bridgehead atoms. The van der Waals surface area contributed by atoms with E-state index in [0.29, 0.717) is 6.54 Å². The number of hydrogen-bond acceptors (Lipinski definition) is 7. The van der Waals surface area contributed by atoms with Gasteiger partial charge in [-0.05, 0) is 30.5 Å². The summed E-state index contributed by atoms with van der Waals surface area (Å²) < 4.78 is 7.08. The van der Waals surface area contributed by atoms with Crippen LogP contribution >= 0.6 is 34.4 Å². The van der Waals surface area contributed by atoms with Crippen molar-refractivity contribution >= 4 is 56.5 Å². The third kappa shape index (κ3) is 5.04. The topological polar surface area (TPSA) is 68.3 Å². The maximum absolute atomic E-state index is 12.0. The minimum atomic E-state index is -0.816. The molecule has 0 saturated carbocycles. The minimum absolute atomic E-state index is 0.127. The molecule has 0 aliphatic carbocycles. The van der Waals surface area contributed by atoms with Crippen LogP contribution < -0.4 is 5.32 Å². The van der Waals surface area contributed by atoms with Crippen molar-refractivity contribution < 1.29 is 14.3 Å². The summed E-state index contributed by atoms with van der Waals surface area (Å²) in [4.78, 5) is 29.4. The molecule has 5 nitrogen and oxygen atoms in total. The molecular weight excluding hydrogens is 376 g/mol. The molecule has 25 heavy (non-hydrogen) atoms. The molecule has 2 heterocycles. The monoisotopic (exact) mass is 392 g/mol. The van der Waals surface area contributed by atoms with Crippen LogP contribution in [-0.2, 0) is 20.9 Å². The second kappa shape index (κ2) is 8.46. The lowest BCUT2D eigenvalue weighted by atomic mass is 10.3. The number of carbonyl (C=O) groups is 2. The number of thioether (sulfide) groups is 1. The van der Waals surface area contributed by atoms with Crippen LogP contribution in [0.4, 0.5) is 0 Å². The molecule has 0 saturated heterocycles. The van der Waals surface area contributed by atoms with Crippen molar-refractivity contribution in [3.63, 3.8) is 0 Å². The van der Waals surface area contributed by atoms with Gasteiger partial charge in [0.2, 0.25) is 0 Å². The Hall–Kier alpha value is -1.90. The molecule has 0 aliphatic heterocycles. The molecule has 2 aromatic heterocycles. The van der Waals surface area contributed by atoms with E-state index in [1.165, 1.54) is 23.1 Å². The predicted octanol–water partition coefficient (Wildman–Crippen LogP) is 3.70. The standard InChI is InChI=1S/C17H16N2O3S3/c1-11(16(21)18-9-12-5-4-8-23-12)22-15(20)10-24-17-19-13-6-2-3-7-14(13)25-17/h2-8,11H,9-10H2,1H3,(H,18,21). The van der Waals surface area contributed by atoms with Crippen molar-refractivity contribution in [1.82, 2.24) is 10.3 Å². The van der Waals surface area contributed by atoms with Crippen molar-refractivity contribution in [3.8, 4) is 0 Å². The zero-order valence-electron chi connectivity index (χ0n) is 13.4. The lowest BCUT2D eigenvalue weighted by Crippen LogP contribution is -2.35. The van der Waals surface area contributed by atoms with Gasteiger partial charge in [0, 0.05) is 4.88 Å².